The molecule has 0 atom stereocenters. The summed E-state index contributed by atoms with van der Waals surface area (Å²) in [6, 6.07) is 7.33. The first-order valence-electron chi connectivity index (χ1n) is 9.89. The van der Waals surface area contributed by atoms with E-state index in [1.54, 1.807) is 23.0 Å². The summed E-state index contributed by atoms with van der Waals surface area (Å²) in [5.41, 5.74) is 2.61. The van der Waals surface area contributed by atoms with Gasteiger partial charge in [-0.15, -0.1) is 0 Å². The normalized spacial score (nSPS) is 13.0. The third-order valence-electron chi connectivity index (χ3n) is 4.56. The summed E-state index contributed by atoms with van der Waals surface area (Å²) in [4.78, 5) is 21.1. The minimum absolute atomic E-state index is 0.123. The summed E-state index contributed by atoms with van der Waals surface area (Å²) in [7, 11) is 0. The fraction of sp³-hybridized carbons (Fsp3) is 0.333. The van der Waals surface area contributed by atoms with Crippen LogP contribution in [-0.4, -0.2) is 45.4 Å². The van der Waals surface area contributed by atoms with Crippen LogP contribution in [0.2, 0.25) is 0 Å². The molecule has 8 nitrogen and oxygen atoms in total. The summed E-state index contributed by atoms with van der Waals surface area (Å²) in [5.74, 6) is 1.72. The lowest BCUT2D eigenvalue weighted by Crippen LogP contribution is -2.35. The van der Waals surface area contributed by atoms with E-state index in [1.165, 1.54) is 0 Å². The molecule has 0 saturated carbocycles. The fourth-order valence-corrected chi connectivity index (χ4v) is 3.76. The van der Waals surface area contributed by atoms with Crippen LogP contribution in [0.25, 0.3) is 22.8 Å². The van der Waals surface area contributed by atoms with E-state index in [1.807, 2.05) is 19.1 Å². The maximum absolute atomic E-state index is 12.0. The van der Waals surface area contributed by atoms with Gasteiger partial charge in [-0.2, -0.15) is 5.10 Å². The van der Waals surface area contributed by atoms with E-state index in [0.29, 0.717) is 60.7 Å². The van der Waals surface area contributed by atoms with E-state index in [2.05, 4.69) is 43.2 Å². The molecule has 4 rings (SSSR count). The Bertz CT molecular complexity index is 1080. The Morgan fingerprint density at radius 1 is 1.20 bits per heavy atom. The standard InChI is InChI=1S/C21H22BrN5O3/c1-3-9-30-19-14(22)10-13(11-18(19)29-4-2)20-23-6-5-15(25-20)16-12-17-21(28)24-7-8-27(17)26-16/h5-6,10-12H,3-4,7-9H2,1-2H3,(H,24,28). The second-order valence-corrected chi connectivity index (χ2v) is 7.58. The molecule has 0 bridgehead atoms. The van der Waals surface area contributed by atoms with Crippen LogP contribution in [0.4, 0.5) is 0 Å². The van der Waals surface area contributed by atoms with Gasteiger partial charge in [0.15, 0.2) is 17.3 Å². The lowest BCUT2D eigenvalue weighted by atomic mass is 10.1. The van der Waals surface area contributed by atoms with Crippen LogP contribution in [0.3, 0.4) is 0 Å². The Balaban J connectivity index is 1.71. The highest BCUT2D eigenvalue weighted by Gasteiger charge is 2.21. The third-order valence-corrected chi connectivity index (χ3v) is 5.15. The minimum atomic E-state index is -0.123. The van der Waals surface area contributed by atoms with Gasteiger partial charge < -0.3 is 14.8 Å². The zero-order valence-electron chi connectivity index (χ0n) is 16.8. The number of nitrogens with one attached hydrogen (secondary N) is 1. The monoisotopic (exact) mass is 471 g/mol. The molecule has 2 aromatic heterocycles. The topological polar surface area (TPSA) is 91.2 Å². The zero-order valence-corrected chi connectivity index (χ0v) is 18.4. The van der Waals surface area contributed by atoms with Crippen LogP contribution in [0, 0.1) is 0 Å². The summed E-state index contributed by atoms with van der Waals surface area (Å²) in [6.45, 7) is 6.31. The molecule has 0 unspecified atom stereocenters. The van der Waals surface area contributed by atoms with Gasteiger partial charge in [-0.25, -0.2) is 9.97 Å². The molecule has 3 heterocycles. The quantitative estimate of drug-likeness (QED) is 0.564. The number of hydrogen-bond donors (Lipinski definition) is 1. The molecular formula is C21H22BrN5O3. The van der Waals surface area contributed by atoms with Crippen molar-refractivity contribution in [3.05, 3.63) is 40.6 Å². The highest BCUT2D eigenvalue weighted by atomic mass is 79.9. The van der Waals surface area contributed by atoms with Crippen molar-refractivity contribution >= 4 is 21.8 Å². The molecule has 1 N–H and O–H groups in total. The largest absolute Gasteiger partial charge is 0.490 e. The molecule has 1 aromatic carbocycles. The van der Waals surface area contributed by atoms with Crippen LogP contribution in [0.1, 0.15) is 30.8 Å². The van der Waals surface area contributed by atoms with Crippen molar-refractivity contribution in [2.75, 3.05) is 19.8 Å². The summed E-state index contributed by atoms with van der Waals surface area (Å²) in [5, 5.41) is 7.35. The molecule has 1 aliphatic rings. The Labute approximate surface area is 182 Å². The molecule has 30 heavy (non-hydrogen) atoms. The Hall–Kier alpha value is -2.94. The number of benzene rings is 1. The molecule has 0 saturated heterocycles. The van der Waals surface area contributed by atoms with Crippen LogP contribution >= 0.6 is 15.9 Å². The van der Waals surface area contributed by atoms with E-state index in [-0.39, 0.29) is 5.91 Å². The first-order chi connectivity index (χ1) is 14.6. The van der Waals surface area contributed by atoms with Gasteiger partial charge in [0.1, 0.15) is 11.4 Å². The van der Waals surface area contributed by atoms with E-state index in [4.69, 9.17) is 9.47 Å². The number of ether oxygens (including phenoxy) is 2. The van der Waals surface area contributed by atoms with E-state index in [9.17, 15) is 4.79 Å². The Morgan fingerprint density at radius 2 is 2.07 bits per heavy atom. The van der Waals surface area contributed by atoms with Gasteiger partial charge in [-0.3, -0.25) is 9.48 Å². The average molecular weight is 472 g/mol. The highest BCUT2D eigenvalue weighted by molar-refractivity contribution is 9.10. The van der Waals surface area contributed by atoms with Crippen molar-refractivity contribution in [1.82, 2.24) is 25.1 Å². The zero-order chi connectivity index (χ0) is 21.1. The van der Waals surface area contributed by atoms with Gasteiger partial charge in [0, 0.05) is 18.3 Å². The molecule has 0 spiro atoms. The number of carbonyl (C=O) groups is 1. The summed E-state index contributed by atoms with van der Waals surface area (Å²) >= 11 is 3.58. The van der Waals surface area contributed by atoms with Gasteiger partial charge in [0.05, 0.1) is 29.9 Å². The second kappa shape index (κ2) is 8.83. The number of amides is 1. The summed E-state index contributed by atoms with van der Waals surface area (Å²) in [6.07, 6.45) is 2.59. The van der Waals surface area contributed by atoms with Crippen molar-refractivity contribution in [2.24, 2.45) is 0 Å². The first-order valence-corrected chi connectivity index (χ1v) is 10.7. The molecule has 156 valence electrons. The SMILES string of the molecule is CCCOc1c(Br)cc(-c2nccc(-c3cc4n(n3)CCNC4=O)n2)cc1OCC. The van der Waals surface area contributed by atoms with E-state index < -0.39 is 0 Å². The number of rotatable bonds is 7. The molecule has 0 aliphatic carbocycles. The molecule has 1 aliphatic heterocycles. The molecule has 0 fully saturated rings. The molecule has 3 aromatic rings. The van der Waals surface area contributed by atoms with Crippen molar-refractivity contribution in [1.29, 1.82) is 0 Å². The van der Waals surface area contributed by atoms with Gasteiger partial charge in [0.2, 0.25) is 0 Å². The Kier molecular flexibility index (Phi) is 5.98. The van der Waals surface area contributed by atoms with Crippen LogP contribution in [0.15, 0.2) is 34.9 Å². The number of hydrogen-bond acceptors (Lipinski definition) is 6. The molecule has 0 radical (unpaired) electrons. The molecule has 9 heteroatoms. The van der Waals surface area contributed by atoms with Gasteiger partial charge in [-0.1, -0.05) is 6.92 Å². The van der Waals surface area contributed by atoms with Crippen molar-refractivity contribution in [3.63, 3.8) is 0 Å². The van der Waals surface area contributed by atoms with Gasteiger partial charge >= 0.3 is 0 Å². The number of fused-ring (bicyclic) bond motifs is 1. The minimum Gasteiger partial charge on any atom is -0.490 e. The Morgan fingerprint density at radius 3 is 2.83 bits per heavy atom. The number of nitrogens with zero attached hydrogens (tertiary/aromatic N) is 4. The second-order valence-electron chi connectivity index (χ2n) is 6.73. The van der Waals surface area contributed by atoms with E-state index in [0.717, 1.165) is 16.5 Å². The maximum Gasteiger partial charge on any atom is 0.269 e. The van der Waals surface area contributed by atoms with Crippen molar-refractivity contribution < 1.29 is 14.3 Å². The van der Waals surface area contributed by atoms with Crippen LogP contribution < -0.4 is 14.8 Å². The average Bonchev–Trinajstić information content (AvgIpc) is 3.19. The lowest BCUT2D eigenvalue weighted by Gasteiger charge is -2.15. The highest BCUT2D eigenvalue weighted by Crippen LogP contribution is 2.39. The van der Waals surface area contributed by atoms with Gasteiger partial charge in [0.25, 0.3) is 5.91 Å². The molecular weight excluding hydrogens is 450 g/mol. The predicted molar refractivity (Wildman–Crippen MR) is 116 cm³/mol. The number of carbonyl (C=O) groups excluding carboxylic acids is 1. The number of aromatic nitrogens is 4. The molecule has 1 amide bonds. The lowest BCUT2D eigenvalue weighted by molar-refractivity contribution is 0.0924. The fourth-order valence-electron chi connectivity index (χ4n) is 3.21. The third kappa shape index (κ3) is 4.02. The smallest absolute Gasteiger partial charge is 0.269 e. The van der Waals surface area contributed by atoms with Crippen LogP contribution in [-0.2, 0) is 6.54 Å². The van der Waals surface area contributed by atoms with E-state index >= 15 is 0 Å². The van der Waals surface area contributed by atoms with Gasteiger partial charge in [-0.05, 0) is 53.5 Å². The predicted octanol–water partition coefficient (Wildman–Crippen LogP) is 3.70. The van der Waals surface area contributed by atoms with Crippen molar-refractivity contribution in [3.8, 4) is 34.3 Å². The first kappa shape index (κ1) is 20.3. The van der Waals surface area contributed by atoms with Crippen molar-refractivity contribution in [2.45, 2.75) is 26.8 Å². The summed E-state index contributed by atoms with van der Waals surface area (Å²) < 4.78 is 14.1. The van der Waals surface area contributed by atoms with Crippen LogP contribution in [0.5, 0.6) is 11.5 Å². The number of halogens is 1. The maximum atomic E-state index is 12.0.